The smallest absolute Gasteiger partial charge is 0.247 e. The van der Waals surface area contributed by atoms with E-state index in [4.69, 9.17) is 9.47 Å². The summed E-state index contributed by atoms with van der Waals surface area (Å²) in [5, 5.41) is 2.85. The van der Waals surface area contributed by atoms with Gasteiger partial charge in [0.05, 0.1) is 14.2 Å². The topological polar surface area (TPSA) is 80.4 Å². The highest BCUT2D eigenvalue weighted by Crippen LogP contribution is 2.42. The minimum absolute atomic E-state index is 0.0732. The van der Waals surface area contributed by atoms with Gasteiger partial charge in [-0.25, -0.2) is 0 Å². The molecule has 2 N–H and O–H groups in total. The first-order valence-corrected chi connectivity index (χ1v) is 6.86. The Morgan fingerprint density at radius 3 is 2.45 bits per heavy atom. The first kappa shape index (κ1) is 14.2. The maximum Gasteiger partial charge on any atom is 0.247 e. The van der Waals surface area contributed by atoms with Crippen LogP contribution in [0.15, 0.2) is 35.3 Å². The van der Waals surface area contributed by atoms with Gasteiger partial charge in [-0.05, 0) is 17.2 Å². The van der Waals surface area contributed by atoms with Crippen LogP contribution in [-0.2, 0) is 4.79 Å². The predicted octanol–water partition coefficient (Wildman–Crippen LogP) is 1.87. The van der Waals surface area contributed by atoms with Gasteiger partial charge in [0.2, 0.25) is 11.5 Å². The molecule has 114 valence electrons. The number of carbonyl (C=O) groups is 1. The Bertz CT molecular complexity index is 762. The number of hydrogen-bond acceptors (Lipinski definition) is 4. The number of anilines is 1. The number of benzene rings is 1. The molecule has 0 fully saturated rings. The average Bonchev–Trinajstić information content (AvgIpc) is 2.53. The molecule has 0 saturated heterocycles. The Morgan fingerprint density at radius 2 is 1.82 bits per heavy atom. The van der Waals surface area contributed by atoms with Gasteiger partial charge in [0.15, 0.2) is 11.5 Å². The quantitative estimate of drug-likeness (QED) is 0.906. The van der Waals surface area contributed by atoms with Crippen LogP contribution in [0, 0.1) is 0 Å². The zero-order valence-electron chi connectivity index (χ0n) is 12.3. The molecule has 6 nitrogen and oxygen atoms in total. The number of amides is 1. The van der Waals surface area contributed by atoms with Crippen LogP contribution in [0.1, 0.15) is 23.5 Å². The molecule has 3 rings (SSSR count). The second-order valence-electron chi connectivity index (χ2n) is 5.09. The van der Waals surface area contributed by atoms with Crippen LogP contribution in [0.5, 0.6) is 11.5 Å². The van der Waals surface area contributed by atoms with E-state index in [0.717, 1.165) is 11.1 Å². The summed E-state index contributed by atoms with van der Waals surface area (Å²) in [6.45, 7) is 0. The molecule has 0 bridgehead atoms. The fourth-order valence-corrected chi connectivity index (χ4v) is 2.72. The first-order chi connectivity index (χ1) is 10.6. The van der Waals surface area contributed by atoms with Gasteiger partial charge < -0.3 is 19.8 Å². The van der Waals surface area contributed by atoms with E-state index in [1.165, 1.54) is 6.07 Å². The lowest BCUT2D eigenvalue weighted by Crippen LogP contribution is -2.24. The SMILES string of the molecule is COc1cc2c(cc1OC)C(c1ccc(=O)[nH]c1)CC(=O)N2. The van der Waals surface area contributed by atoms with Crippen LogP contribution in [-0.4, -0.2) is 25.1 Å². The third-order valence-electron chi connectivity index (χ3n) is 3.81. The highest BCUT2D eigenvalue weighted by atomic mass is 16.5. The highest BCUT2D eigenvalue weighted by molar-refractivity contribution is 5.96. The number of carbonyl (C=O) groups excluding carboxylic acids is 1. The Hall–Kier alpha value is -2.76. The zero-order valence-corrected chi connectivity index (χ0v) is 12.3. The van der Waals surface area contributed by atoms with E-state index >= 15 is 0 Å². The Labute approximate surface area is 127 Å². The van der Waals surface area contributed by atoms with Crippen LogP contribution < -0.4 is 20.3 Å². The summed E-state index contributed by atoms with van der Waals surface area (Å²) >= 11 is 0. The monoisotopic (exact) mass is 300 g/mol. The molecule has 6 heteroatoms. The van der Waals surface area contributed by atoms with Crippen LogP contribution >= 0.6 is 0 Å². The number of H-pyrrole nitrogens is 1. The molecule has 22 heavy (non-hydrogen) atoms. The molecule has 1 aromatic carbocycles. The van der Waals surface area contributed by atoms with Crippen molar-refractivity contribution in [3.63, 3.8) is 0 Å². The number of fused-ring (bicyclic) bond motifs is 1. The van der Waals surface area contributed by atoms with E-state index in [1.54, 1.807) is 32.5 Å². The third kappa shape index (κ3) is 2.43. The summed E-state index contributed by atoms with van der Waals surface area (Å²) in [5.41, 5.74) is 2.34. The number of nitrogens with one attached hydrogen (secondary N) is 2. The molecule has 0 radical (unpaired) electrons. The number of methoxy groups -OCH3 is 2. The fourth-order valence-electron chi connectivity index (χ4n) is 2.72. The minimum atomic E-state index is -0.170. The predicted molar refractivity (Wildman–Crippen MR) is 81.7 cm³/mol. The lowest BCUT2D eigenvalue weighted by Gasteiger charge is -2.27. The molecule has 0 aliphatic carbocycles. The third-order valence-corrected chi connectivity index (χ3v) is 3.81. The number of aromatic nitrogens is 1. The van der Waals surface area contributed by atoms with Crippen molar-refractivity contribution in [2.24, 2.45) is 0 Å². The van der Waals surface area contributed by atoms with Gasteiger partial charge in [0.25, 0.3) is 0 Å². The van der Waals surface area contributed by atoms with E-state index < -0.39 is 0 Å². The van der Waals surface area contributed by atoms with Gasteiger partial charge >= 0.3 is 0 Å². The van der Waals surface area contributed by atoms with E-state index in [9.17, 15) is 9.59 Å². The standard InChI is InChI=1S/C16H16N2O4/c1-21-13-5-11-10(9-3-4-15(19)17-8-9)6-16(20)18-12(11)7-14(13)22-2/h3-5,7-8,10H,6H2,1-2H3,(H,17,19)(H,18,20). The number of aromatic amines is 1. The number of hydrogen-bond donors (Lipinski definition) is 2. The minimum Gasteiger partial charge on any atom is -0.493 e. The Morgan fingerprint density at radius 1 is 1.09 bits per heavy atom. The summed E-state index contributed by atoms with van der Waals surface area (Å²) in [5.74, 6) is 0.951. The average molecular weight is 300 g/mol. The van der Waals surface area contributed by atoms with Gasteiger partial charge in [-0.2, -0.15) is 0 Å². The molecular formula is C16H16N2O4. The molecule has 1 amide bonds. The van der Waals surface area contributed by atoms with Crippen molar-refractivity contribution >= 4 is 11.6 Å². The molecule has 1 unspecified atom stereocenters. The molecule has 1 aliphatic heterocycles. The van der Waals surface area contributed by atoms with Gasteiger partial charge in [-0.1, -0.05) is 6.07 Å². The van der Waals surface area contributed by atoms with Crippen LogP contribution in [0.2, 0.25) is 0 Å². The molecule has 1 aliphatic rings. The van der Waals surface area contributed by atoms with Crippen molar-refractivity contribution < 1.29 is 14.3 Å². The van der Waals surface area contributed by atoms with Gasteiger partial charge in [-0.3, -0.25) is 9.59 Å². The molecule has 1 atom stereocenters. The molecule has 2 aromatic rings. The molecular weight excluding hydrogens is 284 g/mol. The summed E-state index contributed by atoms with van der Waals surface area (Å²) in [7, 11) is 3.12. The van der Waals surface area contributed by atoms with Crippen molar-refractivity contribution in [2.75, 3.05) is 19.5 Å². The number of pyridine rings is 1. The summed E-state index contributed by atoms with van der Waals surface area (Å²) in [4.78, 5) is 25.9. The summed E-state index contributed by atoms with van der Waals surface area (Å²) < 4.78 is 10.6. The van der Waals surface area contributed by atoms with Crippen LogP contribution in [0.25, 0.3) is 0 Å². The van der Waals surface area contributed by atoms with E-state index in [0.29, 0.717) is 23.6 Å². The number of rotatable bonds is 3. The number of ether oxygens (including phenoxy) is 2. The maximum atomic E-state index is 12.0. The Balaban J connectivity index is 2.13. The van der Waals surface area contributed by atoms with Crippen molar-refractivity contribution in [3.8, 4) is 11.5 Å². The molecule has 0 saturated carbocycles. The van der Waals surface area contributed by atoms with Gasteiger partial charge in [-0.15, -0.1) is 0 Å². The second kappa shape index (κ2) is 5.55. The van der Waals surface area contributed by atoms with Crippen molar-refractivity contribution in [1.82, 2.24) is 4.98 Å². The van der Waals surface area contributed by atoms with E-state index in [2.05, 4.69) is 10.3 Å². The van der Waals surface area contributed by atoms with Crippen molar-refractivity contribution in [3.05, 3.63) is 51.9 Å². The first-order valence-electron chi connectivity index (χ1n) is 6.86. The molecule has 0 spiro atoms. The normalized spacial score (nSPS) is 16.6. The lowest BCUT2D eigenvalue weighted by atomic mass is 9.85. The summed E-state index contributed by atoms with van der Waals surface area (Å²) in [6.07, 6.45) is 1.96. The van der Waals surface area contributed by atoms with Crippen molar-refractivity contribution in [2.45, 2.75) is 12.3 Å². The highest BCUT2D eigenvalue weighted by Gasteiger charge is 2.28. The maximum absolute atomic E-state index is 12.0. The molecule has 2 heterocycles. The Kier molecular flexibility index (Phi) is 3.58. The summed E-state index contributed by atoms with van der Waals surface area (Å²) in [6, 6.07) is 6.82. The fraction of sp³-hybridized carbons (Fsp3) is 0.250. The molecule has 1 aromatic heterocycles. The van der Waals surface area contributed by atoms with Crippen LogP contribution in [0.4, 0.5) is 5.69 Å². The van der Waals surface area contributed by atoms with Gasteiger partial charge in [0, 0.05) is 36.4 Å². The lowest BCUT2D eigenvalue weighted by molar-refractivity contribution is -0.116. The van der Waals surface area contributed by atoms with E-state index in [-0.39, 0.29) is 17.4 Å². The van der Waals surface area contributed by atoms with Crippen LogP contribution in [0.3, 0.4) is 0 Å². The van der Waals surface area contributed by atoms with E-state index in [1.807, 2.05) is 6.07 Å². The van der Waals surface area contributed by atoms with Crippen molar-refractivity contribution in [1.29, 1.82) is 0 Å². The zero-order chi connectivity index (χ0) is 15.7. The second-order valence-corrected chi connectivity index (χ2v) is 5.09. The van der Waals surface area contributed by atoms with Gasteiger partial charge in [0.1, 0.15) is 0 Å². The largest absolute Gasteiger partial charge is 0.493 e.